The van der Waals surface area contributed by atoms with E-state index in [0.717, 1.165) is 37.6 Å². The molecule has 1 aromatic carbocycles. The van der Waals surface area contributed by atoms with E-state index in [2.05, 4.69) is 16.0 Å². The van der Waals surface area contributed by atoms with Crippen molar-refractivity contribution in [3.63, 3.8) is 0 Å². The van der Waals surface area contributed by atoms with Gasteiger partial charge in [-0.3, -0.25) is 4.90 Å². The van der Waals surface area contributed by atoms with Gasteiger partial charge in [-0.05, 0) is 6.07 Å². The number of rotatable bonds is 4. The Morgan fingerprint density at radius 2 is 2.20 bits per heavy atom. The number of methoxy groups -OCH3 is 2. The highest BCUT2D eigenvalue weighted by Crippen LogP contribution is 2.28. The van der Waals surface area contributed by atoms with Crippen molar-refractivity contribution in [3.05, 3.63) is 39.8 Å². The fraction of sp³-hybridized carbons (Fsp3) is 0.400. The zero-order valence-electron chi connectivity index (χ0n) is 11.8. The SMILES string of the molecule is COc1ccc(CN2CCc3ncsc3C2)c(OC)c1. The number of nitrogens with zero attached hydrogens (tertiary/aromatic N) is 2. The Morgan fingerprint density at radius 3 is 3.00 bits per heavy atom. The average Bonchev–Trinajstić information content (AvgIpc) is 2.95. The van der Waals surface area contributed by atoms with Crippen molar-refractivity contribution in [1.29, 1.82) is 0 Å². The van der Waals surface area contributed by atoms with Crippen LogP contribution in [0.25, 0.3) is 0 Å². The zero-order chi connectivity index (χ0) is 13.9. The van der Waals surface area contributed by atoms with Crippen LogP contribution in [0.4, 0.5) is 0 Å². The molecular formula is C15H18N2O2S. The third kappa shape index (κ3) is 2.64. The first-order chi connectivity index (χ1) is 9.80. The standard InChI is InChI=1S/C15H18N2O2S/c1-18-12-4-3-11(14(7-12)19-2)8-17-6-5-13-15(9-17)20-10-16-13/h3-4,7,10H,5-6,8-9H2,1-2H3. The fourth-order valence-electron chi connectivity index (χ4n) is 2.53. The van der Waals surface area contributed by atoms with Gasteiger partial charge in [0.2, 0.25) is 0 Å². The topological polar surface area (TPSA) is 34.6 Å². The Hall–Kier alpha value is -1.59. The second-order valence-electron chi connectivity index (χ2n) is 4.86. The Morgan fingerprint density at radius 1 is 1.30 bits per heavy atom. The lowest BCUT2D eigenvalue weighted by molar-refractivity contribution is 0.243. The summed E-state index contributed by atoms with van der Waals surface area (Å²) >= 11 is 1.75. The van der Waals surface area contributed by atoms with E-state index >= 15 is 0 Å². The van der Waals surface area contributed by atoms with Crippen molar-refractivity contribution in [1.82, 2.24) is 9.88 Å². The summed E-state index contributed by atoms with van der Waals surface area (Å²) in [5.41, 5.74) is 4.41. The minimum absolute atomic E-state index is 0.828. The monoisotopic (exact) mass is 290 g/mol. The molecule has 2 heterocycles. The van der Waals surface area contributed by atoms with Gasteiger partial charge in [-0.1, -0.05) is 6.07 Å². The lowest BCUT2D eigenvalue weighted by Gasteiger charge is -2.26. The Kier molecular flexibility index (Phi) is 3.89. The van der Waals surface area contributed by atoms with Crippen molar-refractivity contribution < 1.29 is 9.47 Å². The van der Waals surface area contributed by atoms with E-state index in [0.29, 0.717) is 0 Å². The van der Waals surface area contributed by atoms with Crippen LogP contribution in [0.15, 0.2) is 23.7 Å². The van der Waals surface area contributed by atoms with Crippen LogP contribution in [0.3, 0.4) is 0 Å². The van der Waals surface area contributed by atoms with Gasteiger partial charge in [0.1, 0.15) is 11.5 Å². The molecule has 5 heteroatoms. The maximum atomic E-state index is 5.47. The second-order valence-corrected chi connectivity index (χ2v) is 5.80. The molecule has 0 unspecified atom stereocenters. The van der Waals surface area contributed by atoms with Gasteiger partial charge in [-0.15, -0.1) is 11.3 Å². The number of fused-ring (bicyclic) bond motifs is 1. The molecule has 1 aromatic heterocycles. The molecule has 0 saturated heterocycles. The van der Waals surface area contributed by atoms with E-state index in [1.807, 2.05) is 17.6 Å². The van der Waals surface area contributed by atoms with Gasteiger partial charge in [0.15, 0.2) is 0 Å². The molecule has 0 amide bonds. The summed E-state index contributed by atoms with van der Waals surface area (Å²) in [5, 5.41) is 0. The number of hydrogen-bond acceptors (Lipinski definition) is 5. The van der Waals surface area contributed by atoms with Crippen LogP contribution in [0.1, 0.15) is 16.1 Å². The predicted molar refractivity (Wildman–Crippen MR) is 79.5 cm³/mol. The summed E-state index contributed by atoms with van der Waals surface area (Å²) in [6.45, 7) is 2.92. The van der Waals surface area contributed by atoms with Crippen molar-refractivity contribution in [3.8, 4) is 11.5 Å². The summed E-state index contributed by atoms with van der Waals surface area (Å²) in [7, 11) is 3.38. The molecule has 3 rings (SSSR count). The first kappa shape index (κ1) is 13.4. The summed E-state index contributed by atoms with van der Waals surface area (Å²) in [6, 6.07) is 6.01. The maximum absolute atomic E-state index is 5.47. The molecule has 0 radical (unpaired) electrons. The highest BCUT2D eigenvalue weighted by atomic mass is 32.1. The van der Waals surface area contributed by atoms with Crippen LogP contribution in [0.5, 0.6) is 11.5 Å². The molecule has 0 saturated carbocycles. The molecule has 0 fully saturated rings. The van der Waals surface area contributed by atoms with Gasteiger partial charge in [-0.25, -0.2) is 4.98 Å². The van der Waals surface area contributed by atoms with Crippen LogP contribution < -0.4 is 9.47 Å². The molecule has 4 nitrogen and oxygen atoms in total. The first-order valence-electron chi connectivity index (χ1n) is 6.64. The van der Waals surface area contributed by atoms with Crippen LogP contribution in [-0.4, -0.2) is 30.6 Å². The van der Waals surface area contributed by atoms with Crippen molar-refractivity contribution in [2.45, 2.75) is 19.5 Å². The molecule has 106 valence electrons. The number of benzene rings is 1. The van der Waals surface area contributed by atoms with Gasteiger partial charge in [0.05, 0.1) is 25.4 Å². The van der Waals surface area contributed by atoms with E-state index in [4.69, 9.17) is 9.47 Å². The molecule has 0 N–H and O–H groups in total. The molecule has 1 aliphatic rings. The fourth-order valence-corrected chi connectivity index (χ4v) is 3.39. The van der Waals surface area contributed by atoms with E-state index in [-0.39, 0.29) is 0 Å². The number of ether oxygens (including phenoxy) is 2. The number of thiazole rings is 1. The lowest BCUT2D eigenvalue weighted by atomic mass is 10.1. The molecular weight excluding hydrogens is 272 g/mol. The molecule has 0 atom stereocenters. The number of aromatic nitrogens is 1. The number of hydrogen-bond donors (Lipinski definition) is 0. The van der Waals surface area contributed by atoms with Gasteiger partial charge in [0.25, 0.3) is 0 Å². The highest BCUT2D eigenvalue weighted by Gasteiger charge is 2.19. The van der Waals surface area contributed by atoms with Gasteiger partial charge < -0.3 is 9.47 Å². The molecule has 2 aromatic rings. The van der Waals surface area contributed by atoms with Crippen molar-refractivity contribution >= 4 is 11.3 Å². The van der Waals surface area contributed by atoms with Gasteiger partial charge in [0, 0.05) is 42.6 Å². The highest BCUT2D eigenvalue weighted by molar-refractivity contribution is 7.09. The summed E-state index contributed by atoms with van der Waals surface area (Å²) in [4.78, 5) is 8.23. The summed E-state index contributed by atoms with van der Waals surface area (Å²) in [5.74, 6) is 1.72. The molecule has 0 spiro atoms. The summed E-state index contributed by atoms with van der Waals surface area (Å²) < 4.78 is 10.7. The smallest absolute Gasteiger partial charge is 0.127 e. The Labute approximate surface area is 123 Å². The van der Waals surface area contributed by atoms with E-state index in [9.17, 15) is 0 Å². The third-order valence-corrected chi connectivity index (χ3v) is 4.51. The first-order valence-corrected chi connectivity index (χ1v) is 7.52. The lowest BCUT2D eigenvalue weighted by Crippen LogP contribution is -2.29. The summed E-state index contributed by atoms with van der Waals surface area (Å²) in [6.07, 6.45) is 1.04. The quantitative estimate of drug-likeness (QED) is 0.867. The maximum Gasteiger partial charge on any atom is 0.127 e. The van der Waals surface area contributed by atoms with Crippen LogP contribution in [-0.2, 0) is 19.5 Å². The largest absolute Gasteiger partial charge is 0.497 e. The third-order valence-electron chi connectivity index (χ3n) is 3.65. The molecule has 20 heavy (non-hydrogen) atoms. The van der Waals surface area contributed by atoms with Crippen molar-refractivity contribution in [2.24, 2.45) is 0 Å². The van der Waals surface area contributed by atoms with E-state index < -0.39 is 0 Å². The van der Waals surface area contributed by atoms with E-state index in [1.165, 1.54) is 16.1 Å². The average molecular weight is 290 g/mol. The second kappa shape index (κ2) is 5.81. The Balaban J connectivity index is 1.75. The predicted octanol–water partition coefficient (Wildman–Crippen LogP) is 2.72. The Bertz CT molecular complexity index is 597. The van der Waals surface area contributed by atoms with Crippen LogP contribution in [0.2, 0.25) is 0 Å². The minimum atomic E-state index is 0.828. The van der Waals surface area contributed by atoms with Crippen molar-refractivity contribution in [2.75, 3.05) is 20.8 Å². The zero-order valence-corrected chi connectivity index (χ0v) is 12.6. The van der Waals surface area contributed by atoms with Gasteiger partial charge in [-0.2, -0.15) is 0 Å². The normalized spacial score (nSPS) is 14.9. The molecule has 0 aliphatic carbocycles. The molecule has 0 bridgehead atoms. The minimum Gasteiger partial charge on any atom is -0.497 e. The van der Waals surface area contributed by atoms with Gasteiger partial charge >= 0.3 is 0 Å². The van der Waals surface area contributed by atoms with Crippen LogP contribution >= 0.6 is 11.3 Å². The molecule has 1 aliphatic heterocycles. The van der Waals surface area contributed by atoms with Crippen LogP contribution in [0, 0.1) is 0 Å². The van der Waals surface area contributed by atoms with E-state index in [1.54, 1.807) is 25.6 Å².